The number of carbonyl (C=O) groups excluding carboxylic acids is 1. The zero-order valence-electron chi connectivity index (χ0n) is 10.2. The van der Waals surface area contributed by atoms with Crippen molar-refractivity contribution in [2.24, 2.45) is 5.92 Å². The molecule has 2 heterocycles. The van der Waals surface area contributed by atoms with Gasteiger partial charge in [-0.3, -0.25) is 4.79 Å². The van der Waals surface area contributed by atoms with Crippen molar-refractivity contribution in [2.45, 2.75) is 20.0 Å². The summed E-state index contributed by atoms with van der Waals surface area (Å²) in [6.07, 6.45) is 3.06. The second-order valence-corrected chi connectivity index (χ2v) is 4.43. The van der Waals surface area contributed by atoms with Crippen molar-refractivity contribution in [2.75, 3.05) is 19.7 Å². The fraction of sp³-hybridized carbons (Fsp3) is 0.583. The molecule has 2 rings (SSSR count). The highest BCUT2D eigenvalue weighted by Crippen LogP contribution is 2.20. The number of carbonyl (C=O) groups is 1. The van der Waals surface area contributed by atoms with Crippen LogP contribution in [0.15, 0.2) is 18.6 Å². The van der Waals surface area contributed by atoms with Gasteiger partial charge in [0.05, 0.1) is 18.8 Å². The second-order valence-electron chi connectivity index (χ2n) is 4.43. The summed E-state index contributed by atoms with van der Waals surface area (Å²) < 4.78 is 5.64. The van der Waals surface area contributed by atoms with E-state index in [1.807, 2.05) is 24.8 Å². The Hall–Kier alpha value is -1.49. The highest BCUT2D eigenvalue weighted by molar-refractivity contribution is 5.78. The molecule has 5 nitrogen and oxygen atoms in total. The molecule has 1 fully saturated rings. The van der Waals surface area contributed by atoms with E-state index in [0.717, 1.165) is 5.69 Å². The Labute approximate surface area is 101 Å². The second kappa shape index (κ2) is 5.23. The summed E-state index contributed by atoms with van der Waals surface area (Å²) >= 11 is 0. The summed E-state index contributed by atoms with van der Waals surface area (Å²) in [6, 6.07) is 1.83. The first-order valence-corrected chi connectivity index (χ1v) is 5.85. The first-order chi connectivity index (χ1) is 8.18. The number of amides is 1. The average molecular weight is 235 g/mol. The largest absolute Gasteiger partial charge is 0.368 e. The van der Waals surface area contributed by atoms with Crippen LogP contribution < -0.4 is 0 Å². The van der Waals surface area contributed by atoms with E-state index in [2.05, 4.69) is 9.97 Å². The number of nitrogens with zero attached hydrogens (tertiary/aromatic N) is 3. The van der Waals surface area contributed by atoms with Gasteiger partial charge in [0, 0.05) is 18.7 Å². The zero-order chi connectivity index (χ0) is 12.3. The standard InChI is InChI=1S/C12H17N3O2/c1-9(2)12(16)15-5-6-17-11(7-15)10-3-4-13-8-14-10/h3-4,8-9,11H,5-7H2,1-2H3. The highest BCUT2D eigenvalue weighted by Gasteiger charge is 2.27. The number of ether oxygens (including phenoxy) is 1. The van der Waals surface area contributed by atoms with Crippen LogP contribution >= 0.6 is 0 Å². The van der Waals surface area contributed by atoms with Gasteiger partial charge < -0.3 is 9.64 Å². The lowest BCUT2D eigenvalue weighted by Crippen LogP contribution is -2.44. The molecule has 1 amide bonds. The maximum atomic E-state index is 11.9. The van der Waals surface area contributed by atoms with Gasteiger partial charge in [-0.15, -0.1) is 0 Å². The van der Waals surface area contributed by atoms with Gasteiger partial charge in [-0.1, -0.05) is 13.8 Å². The third-order valence-corrected chi connectivity index (χ3v) is 2.81. The number of morpholine rings is 1. The van der Waals surface area contributed by atoms with E-state index in [-0.39, 0.29) is 17.9 Å². The van der Waals surface area contributed by atoms with Crippen molar-refractivity contribution in [1.29, 1.82) is 0 Å². The van der Waals surface area contributed by atoms with Crippen LogP contribution in [0.3, 0.4) is 0 Å². The number of rotatable bonds is 2. The van der Waals surface area contributed by atoms with Gasteiger partial charge in [0.2, 0.25) is 5.91 Å². The molecule has 0 saturated carbocycles. The Morgan fingerprint density at radius 2 is 2.41 bits per heavy atom. The lowest BCUT2D eigenvalue weighted by atomic mass is 10.1. The predicted octanol–water partition coefficient (Wildman–Crippen LogP) is 1.03. The van der Waals surface area contributed by atoms with E-state index in [1.165, 1.54) is 6.33 Å². The molecular weight excluding hydrogens is 218 g/mol. The first kappa shape index (κ1) is 12.0. The fourth-order valence-corrected chi connectivity index (χ4v) is 1.88. The highest BCUT2D eigenvalue weighted by atomic mass is 16.5. The molecule has 0 aliphatic carbocycles. The van der Waals surface area contributed by atoms with Crippen LogP contribution in [0.1, 0.15) is 25.6 Å². The van der Waals surface area contributed by atoms with Crippen molar-refractivity contribution >= 4 is 5.91 Å². The molecule has 1 atom stereocenters. The third kappa shape index (κ3) is 2.79. The number of hydrogen-bond acceptors (Lipinski definition) is 4. The molecule has 0 radical (unpaired) electrons. The monoisotopic (exact) mass is 235 g/mol. The molecule has 92 valence electrons. The first-order valence-electron chi connectivity index (χ1n) is 5.85. The minimum absolute atomic E-state index is 0.0270. The molecule has 0 spiro atoms. The summed E-state index contributed by atoms with van der Waals surface area (Å²) in [4.78, 5) is 21.8. The van der Waals surface area contributed by atoms with E-state index in [4.69, 9.17) is 4.74 Å². The average Bonchev–Trinajstić information content (AvgIpc) is 2.39. The van der Waals surface area contributed by atoms with E-state index in [1.54, 1.807) is 6.20 Å². The van der Waals surface area contributed by atoms with Gasteiger partial charge in [-0.25, -0.2) is 9.97 Å². The summed E-state index contributed by atoms with van der Waals surface area (Å²) in [5, 5.41) is 0. The fourth-order valence-electron chi connectivity index (χ4n) is 1.88. The molecule has 1 saturated heterocycles. The molecule has 1 aliphatic rings. The molecule has 1 aromatic heterocycles. The van der Waals surface area contributed by atoms with Gasteiger partial charge in [-0.2, -0.15) is 0 Å². The Balaban J connectivity index is 2.05. The summed E-state index contributed by atoms with van der Waals surface area (Å²) in [7, 11) is 0. The van der Waals surface area contributed by atoms with Crippen molar-refractivity contribution in [3.63, 3.8) is 0 Å². The normalized spacial score (nSPS) is 20.6. The van der Waals surface area contributed by atoms with Gasteiger partial charge >= 0.3 is 0 Å². The lowest BCUT2D eigenvalue weighted by Gasteiger charge is -2.33. The minimum Gasteiger partial charge on any atom is -0.368 e. The molecule has 0 aromatic carbocycles. The van der Waals surface area contributed by atoms with Crippen molar-refractivity contribution in [3.05, 3.63) is 24.3 Å². The minimum atomic E-state index is -0.130. The van der Waals surface area contributed by atoms with Crippen LogP contribution in [-0.2, 0) is 9.53 Å². The van der Waals surface area contributed by atoms with Crippen LogP contribution in [0, 0.1) is 5.92 Å². The van der Waals surface area contributed by atoms with Crippen LogP contribution in [0.2, 0.25) is 0 Å². The lowest BCUT2D eigenvalue weighted by molar-refractivity contribution is -0.142. The molecule has 1 aliphatic heterocycles. The van der Waals surface area contributed by atoms with Gasteiger partial charge in [0.1, 0.15) is 12.4 Å². The number of hydrogen-bond donors (Lipinski definition) is 0. The summed E-state index contributed by atoms with van der Waals surface area (Å²) in [5.74, 6) is 0.200. The topological polar surface area (TPSA) is 55.3 Å². The Morgan fingerprint density at radius 3 is 3.06 bits per heavy atom. The third-order valence-electron chi connectivity index (χ3n) is 2.81. The van der Waals surface area contributed by atoms with Crippen LogP contribution in [0.4, 0.5) is 0 Å². The van der Waals surface area contributed by atoms with Crippen molar-refractivity contribution in [3.8, 4) is 0 Å². The van der Waals surface area contributed by atoms with Crippen molar-refractivity contribution < 1.29 is 9.53 Å². The SMILES string of the molecule is CC(C)C(=O)N1CCOC(c2ccncn2)C1. The van der Waals surface area contributed by atoms with Gasteiger partial charge in [0.15, 0.2) is 0 Å². The molecule has 0 N–H and O–H groups in total. The Morgan fingerprint density at radius 1 is 1.59 bits per heavy atom. The van der Waals surface area contributed by atoms with E-state index in [0.29, 0.717) is 19.7 Å². The van der Waals surface area contributed by atoms with E-state index in [9.17, 15) is 4.79 Å². The molecule has 0 bridgehead atoms. The predicted molar refractivity (Wildman–Crippen MR) is 62.1 cm³/mol. The zero-order valence-corrected chi connectivity index (χ0v) is 10.2. The van der Waals surface area contributed by atoms with E-state index < -0.39 is 0 Å². The Bertz CT molecular complexity index is 381. The summed E-state index contributed by atoms with van der Waals surface area (Å²) in [6.45, 7) is 5.63. The van der Waals surface area contributed by atoms with Crippen LogP contribution in [0.5, 0.6) is 0 Å². The van der Waals surface area contributed by atoms with Crippen molar-refractivity contribution in [1.82, 2.24) is 14.9 Å². The van der Waals surface area contributed by atoms with Crippen LogP contribution in [0.25, 0.3) is 0 Å². The van der Waals surface area contributed by atoms with Gasteiger partial charge in [-0.05, 0) is 6.07 Å². The molecule has 17 heavy (non-hydrogen) atoms. The molecule has 1 unspecified atom stereocenters. The molecular formula is C12H17N3O2. The van der Waals surface area contributed by atoms with Crippen LogP contribution in [-0.4, -0.2) is 40.5 Å². The van der Waals surface area contributed by atoms with Gasteiger partial charge in [0.25, 0.3) is 0 Å². The maximum Gasteiger partial charge on any atom is 0.225 e. The quantitative estimate of drug-likeness (QED) is 0.768. The smallest absolute Gasteiger partial charge is 0.225 e. The summed E-state index contributed by atoms with van der Waals surface area (Å²) in [5.41, 5.74) is 0.834. The van der Waals surface area contributed by atoms with E-state index >= 15 is 0 Å². The molecule has 5 heteroatoms. The maximum absolute atomic E-state index is 11.9. The molecule has 1 aromatic rings. The number of aromatic nitrogens is 2. The Kier molecular flexibility index (Phi) is 3.68.